The zero-order valence-corrected chi connectivity index (χ0v) is 9.24. The van der Waals surface area contributed by atoms with Crippen LogP contribution in [-0.4, -0.2) is 29.1 Å². The summed E-state index contributed by atoms with van der Waals surface area (Å²) in [6, 6.07) is 4.22. The van der Waals surface area contributed by atoms with Crippen molar-refractivity contribution in [2.75, 3.05) is 14.1 Å². The lowest BCUT2D eigenvalue weighted by atomic mass is 9.96. The summed E-state index contributed by atoms with van der Waals surface area (Å²) >= 11 is 0. The molecule has 1 heterocycles. The van der Waals surface area contributed by atoms with Gasteiger partial charge in [-0.25, -0.2) is 0 Å². The maximum absolute atomic E-state index is 2.42. The monoisotopic (exact) mass is 192 g/mol. The number of nitrogens with zero attached hydrogens (tertiary/aromatic N) is 2. The zero-order valence-electron chi connectivity index (χ0n) is 9.24. The number of hydrogen-bond acceptors (Lipinski definition) is 1. The highest BCUT2D eigenvalue weighted by Crippen LogP contribution is 2.35. The van der Waals surface area contributed by atoms with Crippen LogP contribution in [-0.2, 0) is 6.54 Å². The Morgan fingerprint density at radius 1 is 1.14 bits per heavy atom. The summed E-state index contributed by atoms with van der Waals surface area (Å²) in [7, 11) is 4.43. The molecule has 2 heteroatoms. The number of likely N-dealkylation sites (N-methyl/N-ethyl adjacent to an activating group) is 1. The zero-order chi connectivity index (χ0) is 10.0. The standard InChI is InChI=1S/C12H20N2/c1-13(2)12(7-3-4-8-12)11-14-9-5-6-10-14/h5-6,9-10H,3-4,7-8,11H2,1-2H3. The lowest BCUT2D eigenvalue weighted by Gasteiger charge is -2.36. The minimum atomic E-state index is 0.416. The van der Waals surface area contributed by atoms with Crippen LogP contribution in [0.1, 0.15) is 25.7 Å². The molecule has 0 unspecified atom stereocenters. The first kappa shape index (κ1) is 9.78. The van der Waals surface area contributed by atoms with Gasteiger partial charge in [0.1, 0.15) is 0 Å². The van der Waals surface area contributed by atoms with Gasteiger partial charge < -0.3 is 9.47 Å². The highest BCUT2D eigenvalue weighted by atomic mass is 15.2. The Labute approximate surface area is 86.5 Å². The van der Waals surface area contributed by atoms with Crippen LogP contribution in [0.4, 0.5) is 0 Å². The van der Waals surface area contributed by atoms with Crippen LogP contribution in [0.25, 0.3) is 0 Å². The molecule has 1 fully saturated rings. The van der Waals surface area contributed by atoms with Gasteiger partial charge in [0.15, 0.2) is 0 Å². The molecule has 0 amide bonds. The van der Waals surface area contributed by atoms with Gasteiger partial charge in [0.2, 0.25) is 0 Å². The van der Waals surface area contributed by atoms with E-state index in [2.05, 4.69) is 48.1 Å². The molecule has 0 bridgehead atoms. The van der Waals surface area contributed by atoms with Crippen molar-refractivity contribution in [1.29, 1.82) is 0 Å². The first-order valence-corrected chi connectivity index (χ1v) is 5.51. The van der Waals surface area contributed by atoms with E-state index in [1.807, 2.05) is 0 Å². The molecular weight excluding hydrogens is 172 g/mol. The van der Waals surface area contributed by atoms with Crippen LogP contribution < -0.4 is 0 Å². The average molecular weight is 192 g/mol. The Bertz CT molecular complexity index is 269. The molecule has 1 aliphatic rings. The molecule has 0 aromatic carbocycles. The van der Waals surface area contributed by atoms with Crippen molar-refractivity contribution in [2.24, 2.45) is 0 Å². The van der Waals surface area contributed by atoms with Crippen molar-refractivity contribution in [1.82, 2.24) is 9.47 Å². The molecule has 0 saturated heterocycles. The van der Waals surface area contributed by atoms with Gasteiger partial charge in [-0.2, -0.15) is 0 Å². The van der Waals surface area contributed by atoms with Gasteiger partial charge in [-0.15, -0.1) is 0 Å². The maximum Gasteiger partial charge on any atom is 0.0404 e. The summed E-state index contributed by atoms with van der Waals surface area (Å²) < 4.78 is 2.31. The fraction of sp³-hybridized carbons (Fsp3) is 0.667. The van der Waals surface area contributed by atoms with Gasteiger partial charge >= 0.3 is 0 Å². The van der Waals surface area contributed by atoms with Crippen LogP contribution in [0, 0.1) is 0 Å². The predicted octanol–water partition coefficient (Wildman–Crippen LogP) is 2.36. The van der Waals surface area contributed by atoms with E-state index in [9.17, 15) is 0 Å². The lowest BCUT2D eigenvalue weighted by Crippen LogP contribution is -2.45. The molecule has 0 atom stereocenters. The predicted molar refractivity (Wildman–Crippen MR) is 59.3 cm³/mol. The van der Waals surface area contributed by atoms with Crippen molar-refractivity contribution in [3.63, 3.8) is 0 Å². The Hall–Kier alpha value is -0.760. The van der Waals surface area contributed by atoms with Gasteiger partial charge in [-0.05, 0) is 39.1 Å². The maximum atomic E-state index is 2.42. The number of aromatic nitrogens is 1. The topological polar surface area (TPSA) is 8.17 Å². The summed E-state index contributed by atoms with van der Waals surface area (Å²) in [5.41, 5.74) is 0.416. The third kappa shape index (κ3) is 1.71. The third-order valence-electron chi connectivity index (χ3n) is 3.63. The third-order valence-corrected chi connectivity index (χ3v) is 3.63. The van der Waals surface area contributed by atoms with Crippen LogP contribution >= 0.6 is 0 Å². The second-order valence-electron chi connectivity index (χ2n) is 4.68. The molecule has 0 N–H and O–H groups in total. The molecule has 1 aromatic heterocycles. The average Bonchev–Trinajstić information content (AvgIpc) is 2.76. The van der Waals surface area contributed by atoms with Crippen LogP contribution in [0.2, 0.25) is 0 Å². The molecule has 1 saturated carbocycles. The van der Waals surface area contributed by atoms with E-state index in [-0.39, 0.29) is 0 Å². The molecule has 1 aromatic rings. The molecule has 0 spiro atoms. The molecule has 2 nitrogen and oxygen atoms in total. The second kappa shape index (κ2) is 3.77. The van der Waals surface area contributed by atoms with E-state index in [0.717, 1.165) is 6.54 Å². The fourth-order valence-electron chi connectivity index (χ4n) is 2.60. The van der Waals surface area contributed by atoms with E-state index < -0.39 is 0 Å². The summed E-state index contributed by atoms with van der Waals surface area (Å²) in [6.45, 7) is 1.15. The Morgan fingerprint density at radius 3 is 2.21 bits per heavy atom. The molecule has 2 rings (SSSR count). The second-order valence-corrected chi connectivity index (χ2v) is 4.68. The smallest absolute Gasteiger partial charge is 0.0404 e. The highest BCUT2D eigenvalue weighted by Gasteiger charge is 2.35. The van der Waals surface area contributed by atoms with Gasteiger partial charge in [-0.1, -0.05) is 12.8 Å². The minimum absolute atomic E-state index is 0.416. The lowest BCUT2D eigenvalue weighted by molar-refractivity contribution is 0.134. The van der Waals surface area contributed by atoms with E-state index in [1.165, 1.54) is 25.7 Å². The quantitative estimate of drug-likeness (QED) is 0.713. The van der Waals surface area contributed by atoms with E-state index in [4.69, 9.17) is 0 Å². The molecule has 14 heavy (non-hydrogen) atoms. The van der Waals surface area contributed by atoms with E-state index >= 15 is 0 Å². The van der Waals surface area contributed by atoms with E-state index in [0.29, 0.717) is 5.54 Å². The van der Waals surface area contributed by atoms with Gasteiger partial charge in [-0.3, -0.25) is 0 Å². The first-order chi connectivity index (χ1) is 6.73. The van der Waals surface area contributed by atoms with Crippen LogP contribution in [0.15, 0.2) is 24.5 Å². The van der Waals surface area contributed by atoms with Gasteiger partial charge in [0.05, 0.1) is 0 Å². The Kier molecular flexibility index (Phi) is 2.64. The van der Waals surface area contributed by atoms with Crippen molar-refractivity contribution in [3.05, 3.63) is 24.5 Å². The SMILES string of the molecule is CN(C)C1(Cn2cccc2)CCCC1. The molecule has 0 radical (unpaired) electrons. The van der Waals surface area contributed by atoms with Crippen molar-refractivity contribution < 1.29 is 0 Å². The molecule has 0 aliphatic heterocycles. The van der Waals surface area contributed by atoms with Crippen LogP contribution in [0.5, 0.6) is 0 Å². The molecule has 1 aliphatic carbocycles. The van der Waals surface area contributed by atoms with Crippen molar-refractivity contribution in [3.8, 4) is 0 Å². The Balaban J connectivity index is 2.12. The van der Waals surface area contributed by atoms with Crippen LogP contribution in [0.3, 0.4) is 0 Å². The number of hydrogen-bond donors (Lipinski definition) is 0. The Morgan fingerprint density at radius 2 is 1.71 bits per heavy atom. The largest absolute Gasteiger partial charge is 0.352 e. The summed E-state index contributed by atoms with van der Waals surface area (Å²) in [5, 5.41) is 0. The van der Waals surface area contributed by atoms with Crippen molar-refractivity contribution in [2.45, 2.75) is 37.8 Å². The number of rotatable bonds is 3. The summed E-state index contributed by atoms with van der Waals surface area (Å²) in [5.74, 6) is 0. The minimum Gasteiger partial charge on any atom is -0.352 e. The fourth-order valence-corrected chi connectivity index (χ4v) is 2.60. The van der Waals surface area contributed by atoms with Gasteiger partial charge in [0, 0.05) is 24.5 Å². The first-order valence-electron chi connectivity index (χ1n) is 5.51. The van der Waals surface area contributed by atoms with E-state index in [1.54, 1.807) is 0 Å². The summed E-state index contributed by atoms with van der Waals surface area (Å²) in [6.07, 6.45) is 9.81. The highest BCUT2D eigenvalue weighted by molar-refractivity contribution is 4.97. The molecular formula is C12H20N2. The van der Waals surface area contributed by atoms with Crippen molar-refractivity contribution >= 4 is 0 Å². The molecule has 78 valence electrons. The summed E-state index contributed by atoms with van der Waals surface area (Å²) in [4.78, 5) is 2.42. The normalized spacial score (nSPS) is 20.5. The van der Waals surface area contributed by atoms with Gasteiger partial charge in [0.25, 0.3) is 0 Å².